The first kappa shape index (κ1) is 10.2. The van der Waals surface area contributed by atoms with Crippen molar-refractivity contribution in [3.63, 3.8) is 0 Å². The lowest BCUT2D eigenvalue weighted by molar-refractivity contribution is -0.111. The summed E-state index contributed by atoms with van der Waals surface area (Å²) in [6.45, 7) is 0. The zero-order valence-corrected chi connectivity index (χ0v) is 8.55. The third-order valence-electron chi connectivity index (χ3n) is 1.98. The molecule has 1 heterocycles. The molecule has 1 aromatic heterocycles. The molecule has 80 valence electrons. The number of H-pyrrole nitrogens is 1. The van der Waals surface area contributed by atoms with Gasteiger partial charge in [0.15, 0.2) is 5.82 Å². The molecule has 0 saturated heterocycles. The van der Waals surface area contributed by atoms with Crippen LogP contribution in [0.25, 0.3) is 6.08 Å². The standard InChI is InChI=1S/C12H11N3O/c16-12(14-11-8-9-13-15-11)7-6-10-4-2-1-3-5-10/h1-9H,(H2,13,14,15,16). The zero-order chi connectivity index (χ0) is 11.2. The Morgan fingerprint density at radius 3 is 2.75 bits per heavy atom. The lowest BCUT2D eigenvalue weighted by atomic mass is 10.2. The summed E-state index contributed by atoms with van der Waals surface area (Å²) >= 11 is 0. The van der Waals surface area contributed by atoms with Crippen molar-refractivity contribution < 1.29 is 4.79 Å². The van der Waals surface area contributed by atoms with E-state index in [0.29, 0.717) is 5.82 Å². The first-order valence-corrected chi connectivity index (χ1v) is 4.88. The molecule has 0 aliphatic carbocycles. The minimum absolute atomic E-state index is 0.198. The third-order valence-corrected chi connectivity index (χ3v) is 1.98. The highest BCUT2D eigenvalue weighted by atomic mass is 16.1. The summed E-state index contributed by atoms with van der Waals surface area (Å²) in [6, 6.07) is 11.3. The summed E-state index contributed by atoms with van der Waals surface area (Å²) in [4.78, 5) is 11.4. The molecule has 0 atom stereocenters. The monoisotopic (exact) mass is 213 g/mol. The van der Waals surface area contributed by atoms with Gasteiger partial charge in [0.05, 0.1) is 0 Å². The van der Waals surface area contributed by atoms with E-state index >= 15 is 0 Å². The number of hydrogen-bond donors (Lipinski definition) is 2. The molecule has 16 heavy (non-hydrogen) atoms. The van der Waals surface area contributed by atoms with Crippen LogP contribution < -0.4 is 5.32 Å². The number of hydrogen-bond acceptors (Lipinski definition) is 2. The van der Waals surface area contributed by atoms with Gasteiger partial charge in [-0.05, 0) is 11.6 Å². The molecule has 2 N–H and O–H groups in total. The van der Waals surface area contributed by atoms with Crippen LogP contribution in [0.2, 0.25) is 0 Å². The maximum Gasteiger partial charge on any atom is 0.249 e. The summed E-state index contributed by atoms with van der Waals surface area (Å²) in [5.74, 6) is 0.318. The molecule has 4 nitrogen and oxygen atoms in total. The van der Waals surface area contributed by atoms with Gasteiger partial charge in [0.2, 0.25) is 5.91 Å². The number of aromatic amines is 1. The SMILES string of the molecule is O=C(C=Cc1ccccc1)Nc1cc[nH]n1. The van der Waals surface area contributed by atoms with Crippen molar-refractivity contribution in [2.45, 2.75) is 0 Å². The van der Waals surface area contributed by atoms with Crippen molar-refractivity contribution in [2.75, 3.05) is 5.32 Å². The van der Waals surface area contributed by atoms with Crippen molar-refractivity contribution in [2.24, 2.45) is 0 Å². The van der Waals surface area contributed by atoms with Crippen LogP contribution in [0.15, 0.2) is 48.7 Å². The summed E-state index contributed by atoms with van der Waals surface area (Å²) in [5, 5.41) is 9.06. The van der Waals surface area contributed by atoms with E-state index in [1.54, 1.807) is 18.3 Å². The number of amides is 1. The van der Waals surface area contributed by atoms with E-state index in [-0.39, 0.29) is 5.91 Å². The van der Waals surface area contributed by atoms with E-state index in [9.17, 15) is 4.79 Å². The molecular formula is C12H11N3O. The Morgan fingerprint density at radius 1 is 1.25 bits per heavy atom. The van der Waals surface area contributed by atoms with Crippen LogP contribution in [0.5, 0.6) is 0 Å². The van der Waals surface area contributed by atoms with Crippen LogP contribution in [-0.4, -0.2) is 16.1 Å². The molecule has 2 aromatic rings. The van der Waals surface area contributed by atoms with Crippen molar-refractivity contribution in [1.82, 2.24) is 10.2 Å². The van der Waals surface area contributed by atoms with Gasteiger partial charge in [-0.2, -0.15) is 5.10 Å². The molecule has 2 rings (SSSR count). The van der Waals surface area contributed by atoms with Crippen molar-refractivity contribution in [3.8, 4) is 0 Å². The smallest absolute Gasteiger partial charge is 0.249 e. The van der Waals surface area contributed by atoms with Gasteiger partial charge in [-0.3, -0.25) is 9.89 Å². The van der Waals surface area contributed by atoms with Crippen LogP contribution in [0.3, 0.4) is 0 Å². The minimum atomic E-state index is -0.198. The highest BCUT2D eigenvalue weighted by molar-refractivity contribution is 6.01. The van der Waals surface area contributed by atoms with Gasteiger partial charge < -0.3 is 5.32 Å². The summed E-state index contributed by atoms with van der Waals surface area (Å²) in [7, 11) is 0. The van der Waals surface area contributed by atoms with Gasteiger partial charge in [0.25, 0.3) is 0 Å². The molecule has 0 bridgehead atoms. The number of nitrogens with zero attached hydrogens (tertiary/aromatic N) is 1. The predicted octanol–water partition coefficient (Wildman–Crippen LogP) is 2.06. The van der Waals surface area contributed by atoms with Gasteiger partial charge in [-0.25, -0.2) is 0 Å². The maximum absolute atomic E-state index is 11.4. The molecule has 0 aliphatic heterocycles. The number of rotatable bonds is 3. The van der Waals surface area contributed by atoms with E-state index in [1.807, 2.05) is 30.3 Å². The molecule has 1 aromatic carbocycles. The average Bonchev–Trinajstić information content (AvgIpc) is 2.81. The Bertz CT molecular complexity index is 474. The first-order valence-electron chi connectivity index (χ1n) is 4.88. The second-order valence-corrected chi connectivity index (χ2v) is 3.19. The number of anilines is 1. The van der Waals surface area contributed by atoms with Crippen molar-refractivity contribution >= 4 is 17.8 Å². The number of benzene rings is 1. The van der Waals surface area contributed by atoms with E-state index in [0.717, 1.165) is 5.56 Å². The maximum atomic E-state index is 11.4. The highest BCUT2D eigenvalue weighted by Crippen LogP contribution is 2.02. The molecule has 1 amide bonds. The van der Waals surface area contributed by atoms with Gasteiger partial charge in [0.1, 0.15) is 0 Å². The lowest BCUT2D eigenvalue weighted by Crippen LogP contribution is -2.07. The first-order chi connectivity index (χ1) is 7.84. The fraction of sp³-hybridized carbons (Fsp3) is 0. The van der Waals surface area contributed by atoms with Crippen LogP contribution in [0.4, 0.5) is 5.82 Å². The summed E-state index contributed by atoms with van der Waals surface area (Å²) in [5.41, 5.74) is 0.986. The van der Waals surface area contributed by atoms with Crippen LogP contribution in [-0.2, 0) is 4.79 Å². The Kier molecular flexibility index (Phi) is 3.13. The van der Waals surface area contributed by atoms with Crippen molar-refractivity contribution in [1.29, 1.82) is 0 Å². The highest BCUT2D eigenvalue weighted by Gasteiger charge is 1.97. The van der Waals surface area contributed by atoms with Crippen LogP contribution in [0, 0.1) is 0 Å². The molecule has 0 unspecified atom stereocenters. The molecule has 0 radical (unpaired) electrons. The van der Waals surface area contributed by atoms with Crippen molar-refractivity contribution in [3.05, 3.63) is 54.2 Å². The van der Waals surface area contributed by atoms with E-state index in [1.165, 1.54) is 6.08 Å². The number of nitrogens with one attached hydrogen (secondary N) is 2. The second-order valence-electron chi connectivity index (χ2n) is 3.19. The van der Waals surface area contributed by atoms with E-state index in [2.05, 4.69) is 15.5 Å². The molecular weight excluding hydrogens is 202 g/mol. The van der Waals surface area contributed by atoms with Crippen LogP contribution >= 0.6 is 0 Å². The summed E-state index contributed by atoms with van der Waals surface area (Å²) in [6.07, 6.45) is 4.88. The Labute approximate surface area is 93.0 Å². The number of carbonyl (C=O) groups excluding carboxylic acids is 1. The van der Waals surface area contributed by atoms with Gasteiger partial charge in [-0.1, -0.05) is 30.3 Å². The molecule has 4 heteroatoms. The largest absolute Gasteiger partial charge is 0.306 e. The Morgan fingerprint density at radius 2 is 2.06 bits per heavy atom. The minimum Gasteiger partial charge on any atom is -0.306 e. The molecule has 0 saturated carbocycles. The second kappa shape index (κ2) is 4.93. The van der Waals surface area contributed by atoms with Gasteiger partial charge in [-0.15, -0.1) is 0 Å². The van der Waals surface area contributed by atoms with Crippen LogP contribution in [0.1, 0.15) is 5.56 Å². The predicted molar refractivity (Wildman–Crippen MR) is 62.7 cm³/mol. The number of aromatic nitrogens is 2. The fourth-order valence-corrected chi connectivity index (χ4v) is 1.23. The molecule has 0 fully saturated rings. The normalized spacial score (nSPS) is 10.5. The summed E-state index contributed by atoms with van der Waals surface area (Å²) < 4.78 is 0. The Balaban J connectivity index is 1.95. The van der Waals surface area contributed by atoms with Gasteiger partial charge >= 0.3 is 0 Å². The fourth-order valence-electron chi connectivity index (χ4n) is 1.23. The van der Waals surface area contributed by atoms with Gasteiger partial charge in [0, 0.05) is 18.3 Å². The quantitative estimate of drug-likeness (QED) is 0.767. The Hall–Kier alpha value is -2.36. The average molecular weight is 213 g/mol. The molecule has 0 aliphatic rings. The topological polar surface area (TPSA) is 57.8 Å². The zero-order valence-electron chi connectivity index (χ0n) is 8.55. The van der Waals surface area contributed by atoms with E-state index in [4.69, 9.17) is 0 Å². The number of carbonyl (C=O) groups is 1. The molecule has 0 spiro atoms. The third kappa shape index (κ3) is 2.81. The lowest BCUT2D eigenvalue weighted by Gasteiger charge is -1.95. The van der Waals surface area contributed by atoms with E-state index < -0.39 is 0 Å².